The summed E-state index contributed by atoms with van der Waals surface area (Å²) in [5.74, 6) is 0.648. The Hall–Kier alpha value is -3.93. The topological polar surface area (TPSA) is 72.6 Å². The molecule has 3 heterocycles. The Morgan fingerprint density at radius 2 is 1.83 bits per heavy atom. The molecule has 5 rings (SSSR count). The van der Waals surface area contributed by atoms with Crippen LogP contribution in [-0.2, 0) is 0 Å². The summed E-state index contributed by atoms with van der Waals surface area (Å²) >= 11 is 0. The van der Waals surface area contributed by atoms with Crippen LogP contribution in [-0.4, -0.2) is 18.0 Å². The van der Waals surface area contributed by atoms with Crippen molar-refractivity contribution < 1.29 is 13.9 Å². The lowest BCUT2D eigenvalue weighted by Crippen LogP contribution is -2.30. The number of ether oxygens (including phenoxy) is 1. The normalized spacial score (nSPS) is 15.5. The van der Waals surface area contributed by atoms with Gasteiger partial charge in [-0.1, -0.05) is 35.9 Å². The van der Waals surface area contributed by atoms with Crippen LogP contribution in [0, 0.1) is 6.92 Å². The number of carbonyl (C=O) groups is 1. The van der Waals surface area contributed by atoms with Gasteiger partial charge in [-0.2, -0.15) is 0 Å². The van der Waals surface area contributed by atoms with E-state index in [2.05, 4.69) is 4.98 Å². The van der Waals surface area contributed by atoms with Crippen LogP contribution in [0.5, 0.6) is 5.75 Å². The summed E-state index contributed by atoms with van der Waals surface area (Å²) in [7, 11) is 1.56. The first-order valence-corrected chi connectivity index (χ1v) is 9.55. The van der Waals surface area contributed by atoms with E-state index in [0.29, 0.717) is 33.7 Å². The van der Waals surface area contributed by atoms with Gasteiger partial charge in [-0.25, -0.2) is 4.98 Å². The number of anilines is 1. The van der Waals surface area contributed by atoms with Crippen molar-refractivity contribution in [1.82, 2.24) is 4.98 Å². The van der Waals surface area contributed by atoms with Gasteiger partial charge in [-0.15, -0.1) is 0 Å². The van der Waals surface area contributed by atoms with E-state index >= 15 is 0 Å². The predicted molar refractivity (Wildman–Crippen MR) is 113 cm³/mol. The minimum Gasteiger partial charge on any atom is -0.496 e. The van der Waals surface area contributed by atoms with E-state index in [4.69, 9.17) is 9.15 Å². The number of aryl methyl sites for hydroxylation is 1. The number of nitrogens with zero attached hydrogens (tertiary/aromatic N) is 2. The number of carbonyl (C=O) groups excluding carboxylic acids is 1. The lowest BCUT2D eigenvalue weighted by atomic mass is 9.97. The van der Waals surface area contributed by atoms with Gasteiger partial charge < -0.3 is 9.15 Å². The van der Waals surface area contributed by atoms with E-state index in [9.17, 15) is 9.59 Å². The fraction of sp³-hybridized carbons (Fsp3) is 0.125. The lowest BCUT2D eigenvalue weighted by Gasteiger charge is -2.25. The van der Waals surface area contributed by atoms with E-state index < -0.39 is 11.9 Å². The second kappa shape index (κ2) is 6.84. The molecule has 1 atom stereocenters. The van der Waals surface area contributed by atoms with Gasteiger partial charge >= 0.3 is 0 Å². The van der Waals surface area contributed by atoms with Gasteiger partial charge in [0.2, 0.25) is 5.76 Å². The van der Waals surface area contributed by atoms with Gasteiger partial charge in [0.05, 0.1) is 18.1 Å². The summed E-state index contributed by atoms with van der Waals surface area (Å²) in [5.41, 5.74) is 2.09. The van der Waals surface area contributed by atoms with Crippen molar-refractivity contribution in [2.75, 3.05) is 12.0 Å². The maximum atomic E-state index is 13.6. The number of methoxy groups -OCH3 is 1. The Morgan fingerprint density at radius 1 is 1.03 bits per heavy atom. The smallest absolute Gasteiger partial charge is 0.296 e. The molecule has 1 amide bonds. The molecule has 4 aromatic rings. The summed E-state index contributed by atoms with van der Waals surface area (Å²) < 4.78 is 11.5. The Labute approximate surface area is 172 Å². The average molecular weight is 398 g/mol. The van der Waals surface area contributed by atoms with Crippen molar-refractivity contribution in [3.63, 3.8) is 0 Å². The fourth-order valence-corrected chi connectivity index (χ4v) is 4.01. The zero-order valence-electron chi connectivity index (χ0n) is 16.5. The van der Waals surface area contributed by atoms with Crippen LogP contribution >= 0.6 is 0 Å². The molecule has 0 bridgehead atoms. The van der Waals surface area contributed by atoms with E-state index in [1.807, 2.05) is 31.2 Å². The first kappa shape index (κ1) is 18.1. The molecule has 0 saturated carbocycles. The third-order valence-corrected chi connectivity index (χ3v) is 5.36. The molecular weight excluding hydrogens is 380 g/mol. The highest BCUT2D eigenvalue weighted by Crippen LogP contribution is 2.43. The molecule has 6 heteroatoms. The molecule has 0 saturated heterocycles. The van der Waals surface area contributed by atoms with Crippen molar-refractivity contribution in [2.45, 2.75) is 13.0 Å². The number of aromatic nitrogens is 1. The monoisotopic (exact) mass is 398 g/mol. The lowest BCUT2D eigenvalue weighted by molar-refractivity contribution is 0.0970. The third kappa shape index (κ3) is 2.61. The standard InChI is InChI=1S/C24H18N2O4/c1-14-10-11-18-16(13-14)22(27)20-21(15-7-3-4-8-17(15)29-2)26(24(28)23(20)30-18)19-9-5-6-12-25-19/h3-13,21H,1-2H3. The van der Waals surface area contributed by atoms with Crippen molar-refractivity contribution in [2.24, 2.45) is 0 Å². The van der Waals surface area contributed by atoms with E-state index in [1.54, 1.807) is 49.7 Å². The van der Waals surface area contributed by atoms with Gasteiger partial charge in [-0.3, -0.25) is 14.5 Å². The van der Waals surface area contributed by atoms with Crippen molar-refractivity contribution in [3.8, 4) is 5.75 Å². The summed E-state index contributed by atoms with van der Waals surface area (Å²) in [6, 6.07) is 17.3. The second-order valence-electron chi connectivity index (χ2n) is 7.18. The van der Waals surface area contributed by atoms with Gasteiger partial charge in [-0.05, 0) is 37.3 Å². The number of hydrogen-bond donors (Lipinski definition) is 0. The maximum absolute atomic E-state index is 13.6. The van der Waals surface area contributed by atoms with Crippen molar-refractivity contribution in [3.05, 3.63) is 99.5 Å². The Kier molecular flexibility index (Phi) is 4.13. The average Bonchev–Trinajstić information content (AvgIpc) is 3.07. The quantitative estimate of drug-likeness (QED) is 0.516. The van der Waals surface area contributed by atoms with Crippen LogP contribution in [0.3, 0.4) is 0 Å². The Balaban J connectivity index is 1.86. The van der Waals surface area contributed by atoms with Crippen LogP contribution in [0.1, 0.15) is 33.3 Å². The summed E-state index contributed by atoms with van der Waals surface area (Å²) in [5, 5.41) is 0.448. The molecule has 0 spiro atoms. The molecule has 0 N–H and O–H groups in total. The van der Waals surface area contributed by atoms with E-state index in [1.165, 1.54) is 4.90 Å². The summed E-state index contributed by atoms with van der Waals surface area (Å²) in [6.07, 6.45) is 1.61. The van der Waals surface area contributed by atoms with Crippen LogP contribution in [0.4, 0.5) is 5.82 Å². The SMILES string of the molecule is COc1ccccc1C1c2c(oc3ccc(C)cc3c2=O)C(=O)N1c1ccccn1. The molecule has 1 aliphatic rings. The number of fused-ring (bicyclic) bond motifs is 2. The van der Waals surface area contributed by atoms with Gasteiger partial charge in [0, 0.05) is 11.8 Å². The molecule has 1 unspecified atom stereocenters. The molecule has 0 radical (unpaired) electrons. The number of benzene rings is 2. The zero-order valence-corrected chi connectivity index (χ0v) is 16.5. The van der Waals surface area contributed by atoms with Gasteiger partial charge in [0.15, 0.2) is 5.43 Å². The third-order valence-electron chi connectivity index (χ3n) is 5.36. The minimum atomic E-state index is -0.709. The molecule has 0 fully saturated rings. The molecule has 1 aliphatic heterocycles. The second-order valence-corrected chi connectivity index (χ2v) is 7.18. The van der Waals surface area contributed by atoms with Crippen LogP contribution in [0.2, 0.25) is 0 Å². The number of hydrogen-bond acceptors (Lipinski definition) is 5. The highest BCUT2D eigenvalue weighted by molar-refractivity contribution is 6.10. The molecule has 6 nitrogen and oxygen atoms in total. The van der Waals surface area contributed by atoms with Crippen molar-refractivity contribution in [1.29, 1.82) is 0 Å². The van der Waals surface area contributed by atoms with Crippen molar-refractivity contribution >= 4 is 22.7 Å². The van der Waals surface area contributed by atoms with E-state index in [-0.39, 0.29) is 11.2 Å². The Morgan fingerprint density at radius 3 is 2.60 bits per heavy atom. The fourth-order valence-electron chi connectivity index (χ4n) is 4.01. The molecule has 0 aliphatic carbocycles. The molecule has 2 aromatic heterocycles. The molecule has 30 heavy (non-hydrogen) atoms. The number of pyridine rings is 1. The van der Waals surface area contributed by atoms with Gasteiger partial charge in [0.25, 0.3) is 5.91 Å². The predicted octanol–water partition coefficient (Wildman–Crippen LogP) is 4.25. The van der Waals surface area contributed by atoms with Crippen LogP contribution < -0.4 is 15.1 Å². The number of rotatable bonds is 3. The zero-order chi connectivity index (χ0) is 20.8. The van der Waals surface area contributed by atoms with Crippen LogP contribution in [0.25, 0.3) is 11.0 Å². The highest BCUT2D eigenvalue weighted by Gasteiger charge is 2.45. The Bertz CT molecular complexity index is 1340. The maximum Gasteiger partial charge on any atom is 0.296 e. The van der Waals surface area contributed by atoms with Gasteiger partial charge in [0.1, 0.15) is 23.2 Å². The number of para-hydroxylation sites is 1. The molecule has 2 aromatic carbocycles. The first-order chi connectivity index (χ1) is 14.6. The van der Waals surface area contributed by atoms with E-state index in [0.717, 1.165) is 5.56 Å². The molecular formula is C24H18N2O4. The van der Waals surface area contributed by atoms with Crippen LogP contribution in [0.15, 0.2) is 76.1 Å². The highest BCUT2D eigenvalue weighted by atomic mass is 16.5. The largest absolute Gasteiger partial charge is 0.496 e. The molecule has 148 valence electrons. The minimum absolute atomic E-state index is 0.0397. The first-order valence-electron chi connectivity index (χ1n) is 9.55. The summed E-state index contributed by atoms with van der Waals surface area (Å²) in [6.45, 7) is 1.91. The summed E-state index contributed by atoms with van der Waals surface area (Å²) in [4.78, 5) is 32.9. The number of amides is 1.